The van der Waals surface area contributed by atoms with Gasteiger partial charge in [-0.15, -0.1) is 0 Å². The Morgan fingerprint density at radius 2 is 2.10 bits per heavy atom. The van der Waals surface area contributed by atoms with Crippen LogP contribution in [-0.2, 0) is 16.0 Å². The standard InChI is InChI=1S/C15H21NO4/c1-18-15(17)6-4-12(16)9-11-3-5-13-14(10-11)20-8-2-7-19-13/h3,5,10,12H,2,4,6-9,16H2,1H3. The number of esters is 1. The molecule has 1 unspecified atom stereocenters. The maximum absolute atomic E-state index is 11.1. The molecule has 110 valence electrons. The number of nitrogens with two attached hydrogens (primary N) is 1. The molecule has 0 bridgehead atoms. The fourth-order valence-electron chi connectivity index (χ4n) is 2.14. The predicted octanol–water partition coefficient (Wildman–Crippen LogP) is 1.67. The summed E-state index contributed by atoms with van der Waals surface area (Å²) >= 11 is 0. The van der Waals surface area contributed by atoms with Crippen molar-refractivity contribution in [1.82, 2.24) is 0 Å². The molecule has 0 fully saturated rings. The van der Waals surface area contributed by atoms with Crippen LogP contribution < -0.4 is 15.2 Å². The minimum absolute atomic E-state index is 0.0705. The van der Waals surface area contributed by atoms with E-state index in [0.29, 0.717) is 32.5 Å². The second kappa shape index (κ2) is 7.14. The smallest absolute Gasteiger partial charge is 0.305 e. The van der Waals surface area contributed by atoms with Crippen molar-refractivity contribution in [2.75, 3.05) is 20.3 Å². The lowest BCUT2D eigenvalue weighted by Crippen LogP contribution is -2.24. The molecule has 0 saturated carbocycles. The molecular weight excluding hydrogens is 258 g/mol. The summed E-state index contributed by atoms with van der Waals surface area (Å²) in [5, 5.41) is 0. The third-order valence-corrected chi connectivity index (χ3v) is 3.26. The molecule has 1 aliphatic rings. The molecule has 0 saturated heterocycles. The van der Waals surface area contributed by atoms with Gasteiger partial charge in [-0.05, 0) is 30.5 Å². The Balaban J connectivity index is 1.92. The highest BCUT2D eigenvalue weighted by Crippen LogP contribution is 2.30. The third-order valence-electron chi connectivity index (χ3n) is 3.26. The first-order chi connectivity index (χ1) is 9.69. The average molecular weight is 279 g/mol. The molecule has 0 aliphatic carbocycles. The quantitative estimate of drug-likeness (QED) is 0.830. The Hall–Kier alpha value is -1.75. The minimum atomic E-state index is -0.223. The SMILES string of the molecule is COC(=O)CCC(N)Cc1ccc2c(c1)OCCCO2. The summed E-state index contributed by atoms with van der Waals surface area (Å²) in [6, 6.07) is 5.81. The van der Waals surface area contributed by atoms with E-state index in [1.54, 1.807) is 0 Å². The molecule has 0 radical (unpaired) electrons. The van der Waals surface area contributed by atoms with Crippen molar-refractivity contribution < 1.29 is 19.0 Å². The van der Waals surface area contributed by atoms with Gasteiger partial charge in [0.2, 0.25) is 0 Å². The van der Waals surface area contributed by atoms with E-state index in [0.717, 1.165) is 23.5 Å². The molecule has 2 rings (SSSR count). The van der Waals surface area contributed by atoms with E-state index in [9.17, 15) is 4.79 Å². The van der Waals surface area contributed by atoms with Gasteiger partial charge < -0.3 is 19.9 Å². The summed E-state index contributed by atoms with van der Waals surface area (Å²) < 4.78 is 15.8. The highest BCUT2D eigenvalue weighted by molar-refractivity contribution is 5.69. The van der Waals surface area contributed by atoms with Gasteiger partial charge in [0.1, 0.15) is 0 Å². The van der Waals surface area contributed by atoms with Crippen LogP contribution >= 0.6 is 0 Å². The lowest BCUT2D eigenvalue weighted by molar-refractivity contribution is -0.140. The van der Waals surface area contributed by atoms with Crippen molar-refractivity contribution in [2.45, 2.75) is 31.7 Å². The average Bonchev–Trinajstić information content (AvgIpc) is 2.69. The summed E-state index contributed by atoms with van der Waals surface area (Å²) in [4.78, 5) is 11.1. The Morgan fingerprint density at radius 1 is 1.35 bits per heavy atom. The van der Waals surface area contributed by atoms with Crippen LogP contribution in [0, 0.1) is 0 Å². The number of benzene rings is 1. The molecule has 1 atom stereocenters. The molecular formula is C15H21NO4. The van der Waals surface area contributed by atoms with Crippen molar-refractivity contribution in [3.05, 3.63) is 23.8 Å². The fraction of sp³-hybridized carbons (Fsp3) is 0.533. The lowest BCUT2D eigenvalue weighted by atomic mass is 10.0. The van der Waals surface area contributed by atoms with E-state index in [1.165, 1.54) is 7.11 Å². The van der Waals surface area contributed by atoms with E-state index in [2.05, 4.69) is 4.74 Å². The number of fused-ring (bicyclic) bond motifs is 1. The van der Waals surface area contributed by atoms with Gasteiger partial charge >= 0.3 is 5.97 Å². The largest absolute Gasteiger partial charge is 0.490 e. The number of methoxy groups -OCH3 is 1. The molecule has 20 heavy (non-hydrogen) atoms. The summed E-state index contributed by atoms with van der Waals surface area (Å²) in [5.74, 6) is 1.34. The lowest BCUT2D eigenvalue weighted by Gasteiger charge is -2.13. The second-order valence-electron chi connectivity index (χ2n) is 4.91. The topological polar surface area (TPSA) is 70.8 Å². The van der Waals surface area contributed by atoms with Gasteiger partial charge in [0, 0.05) is 18.9 Å². The van der Waals surface area contributed by atoms with Gasteiger partial charge in [-0.25, -0.2) is 0 Å². The van der Waals surface area contributed by atoms with Gasteiger partial charge in [0.15, 0.2) is 11.5 Å². The number of rotatable bonds is 5. The van der Waals surface area contributed by atoms with Crippen LogP contribution in [0.2, 0.25) is 0 Å². The maximum atomic E-state index is 11.1. The Kier molecular flexibility index (Phi) is 5.24. The van der Waals surface area contributed by atoms with Crippen molar-refractivity contribution >= 4 is 5.97 Å². The Bertz CT molecular complexity index is 461. The molecule has 0 aromatic heterocycles. The summed E-state index contributed by atoms with van der Waals surface area (Å²) in [6.45, 7) is 1.36. The zero-order chi connectivity index (χ0) is 14.4. The van der Waals surface area contributed by atoms with Crippen molar-refractivity contribution in [3.8, 4) is 11.5 Å². The fourth-order valence-corrected chi connectivity index (χ4v) is 2.14. The number of ether oxygens (including phenoxy) is 3. The number of carbonyl (C=O) groups is 1. The first-order valence-electron chi connectivity index (χ1n) is 6.90. The number of hydrogen-bond acceptors (Lipinski definition) is 5. The number of carbonyl (C=O) groups excluding carboxylic acids is 1. The van der Waals surface area contributed by atoms with E-state index in [4.69, 9.17) is 15.2 Å². The van der Waals surface area contributed by atoms with Crippen LogP contribution in [0.25, 0.3) is 0 Å². The van der Waals surface area contributed by atoms with Crippen molar-refractivity contribution in [3.63, 3.8) is 0 Å². The first-order valence-corrected chi connectivity index (χ1v) is 6.90. The Morgan fingerprint density at radius 3 is 2.85 bits per heavy atom. The van der Waals surface area contributed by atoms with Crippen LogP contribution in [0.5, 0.6) is 11.5 Å². The van der Waals surface area contributed by atoms with Crippen molar-refractivity contribution in [1.29, 1.82) is 0 Å². The monoisotopic (exact) mass is 279 g/mol. The molecule has 5 heteroatoms. The van der Waals surface area contributed by atoms with E-state index in [1.807, 2.05) is 18.2 Å². The molecule has 2 N–H and O–H groups in total. The van der Waals surface area contributed by atoms with Gasteiger partial charge in [0.05, 0.1) is 20.3 Å². The first kappa shape index (κ1) is 14.7. The van der Waals surface area contributed by atoms with Crippen LogP contribution in [0.4, 0.5) is 0 Å². The van der Waals surface area contributed by atoms with E-state index < -0.39 is 0 Å². The van der Waals surface area contributed by atoms with Gasteiger partial charge in [0.25, 0.3) is 0 Å². The van der Waals surface area contributed by atoms with Gasteiger partial charge in [-0.2, -0.15) is 0 Å². The highest BCUT2D eigenvalue weighted by Gasteiger charge is 2.13. The molecule has 1 heterocycles. The van der Waals surface area contributed by atoms with Crippen LogP contribution in [0.15, 0.2) is 18.2 Å². The van der Waals surface area contributed by atoms with E-state index in [-0.39, 0.29) is 12.0 Å². The highest BCUT2D eigenvalue weighted by atomic mass is 16.5. The summed E-state index contributed by atoms with van der Waals surface area (Å²) in [5.41, 5.74) is 7.13. The number of hydrogen-bond donors (Lipinski definition) is 1. The predicted molar refractivity (Wildman–Crippen MR) is 75.0 cm³/mol. The molecule has 1 aromatic carbocycles. The third kappa shape index (κ3) is 4.13. The van der Waals surface area contributed by atoms with Gasteiger partial charge in [-0.3, -0.25) is 4.79 Å². The summed E-state index contributed by atoms with van der Waals surface area (Å²) in [7, 11) is 1.39. The molecule has 1 aromatic rings. The van der Waals surface area contributed by atoms with E-state index >= 15 is 0 Å². The molecule has 0 amide bonds. The molecule has 1 aliphatic heterocycles. The Labute approximate surface area is 119 Å². The van der Waals surface area contributed by atoms with Crippen molar-refractivity contribution in [2.24, 2.45) is 5.73 Å². The molecule has 0 spiro atoms. The zero-order valence-electron chi connectivity index (χ0n) is 11.8. The summed E-state index contributed by atoms with van der Waals surface area (Å²) in [6.07, 6.45) is 2.56. The van der Waals surface area contributed by atoms with Crippen LogP contribution in [0.1, 0.15) is 24.8 Å². The zero-order valence-corrected chi connectivity index (χ0v) is 11.8. The van der Waals surface area contributed by atoms with Crippen LogP contribution in [-0.4, -0.2) is 32.3 Å². The second-order valence-corrected chi connectivity index (χ2v) is 4.91. The van der Waals surface area contributed by atoms with Crippen LogP contribution in [0.3, 0.4) is 0 Å². The van der Waals surface area contributed by atoms with Gasteiger partial charge in [-0.1, -0.05) is 6.07 Å². The minimum Gasteiger partial charge on any atom is -0.490 e. The molecule has 5 nitrogen and oxygen atoms in total. The normalized spacial score (nSPS) is 15.3. The maximum Gasteiger partial charge on any atom is 0.305 e.